The predicted molar refractivity (Wildman–Crippen MR) is 108 cm³/mol. The Labute approximate surface area is 154 Å². The van der Waals surface area contributed by atoms with Crippen LogP contribution in [0.4, 0.5) is 11.5 Å². The molecule has 3 aromatic rings. The number of carbonyl (C=O) groups excluding carboxylic acids is 1. The summed E-state index contributed by atoms with van der Waals surface area (Å²) in [5, 5.41) is 7.31. The highest BCUT2D eigenvalue weighted by molar-refractivity contribution is 6.07. The molecule has 1 amide bonds. The predicted octanol–water partition coefficient (Wildman–Crippen LogP) is 5.07. The molecule has 26 heavy (non-hydrogen) atoms. The molecule has 1 unspecified atom stereocenters. The lowest BCUT2D eigenvalue weighted by Crippen LogP contribution is -2.32. The van der Waals surface area contributed by atoms with Gasteiger partial charge >= 0.3 is 0 Å². The van der Waals surface area contributed by atoms with Crippen LogP contribution in [0.2, 0.25) is 0 Å². The normalized spacial score (nSPS) is 12.0. The van der Waals surface area contributed by atoms with Crippen molar-refractivity contribution in [3.05, 3.63) is 65.7 Å². The second-order valence-corrected chi connectivity index (χ2v) is 6.49. The van der Waals surface area contributed by atoms with Gasteiger partial charge in [0.05, 0.1) is 11.1 Å². The molecular formula is C22H25N3O. The summed E-state index contributed by atoms with van der Waals surface area (Å²) in [6.45, 7) is 6.20. The number of rotatable bonds is 6. The van der Waals surface area contributed by atoms with Crippen LogP contribution in [0.3, 0.4) is 0 Å². The average molecular weight is 347 g/mol. The monoisotopic (exact) mass is 347 g/mol. The molecule has 1 heterocycles. The molecule has 0 bridgehead atoms. The zero-order valence-electron chi connectivity index (χ0n) is 15.5. The molecule has 1 aromatic heterocycles. The molecule has 2 N–H and O–H groups in total. The SMILES string of the molecule is CCc1ccccc1Nc1cc(C(=O)NC(C)CC)c2ccccc2n1. The number of aromatic nitrogens is 1. The fraction of sp³-hybridized carbons (Fsp3) is 0.273. The van der Waals surface area contributed by atoms with E-state index in [-0.39, 0.29) is 11.9 Å². The Balaban J connectivity index is 2.03. The fourth-order valence-corrected chi connectivity index (χ4v) is 2.92. The first-order valence-corrected chi connectivity index (χ1v) is 9.18. The standard InChI is InChI=1S/C22H25N3O/c1-4-15(3)23-22(26)18-14-21(25-20-13-9-7-11-17(18)20)24-19-12-8-6-10-16(19)5-2/h6-15H,4-5H2,1-3H3,(H,23,26)(H,24,25). The van der Waals surface area contributed by atoms with Gasteiger partial charge in [-0.25, -0.2) is 4.98 Å². The van der Waals surface area contributed by atoms with Crippen LogP contribution in [0.25, 0.3) is 10.9 Å². The number of nitrogens with zero attached hydrogens (tertiary/aromatic N) is 1. The van der Waals surface area contributed by atoms with Gasteiger partial charge in [-0.3, -0.25) is 4.79 Å². The molecule has 3 rings (SSSR count). The molecule has 0 saturated heterocycles. The zero-order valence-corrected chi connectivity index (χ0v) is 15.5. The van der Waals surface area contributed by atoms with Crippen molar-refractivity contribution in [1.29, 1.82) is 0 Å². The summed E-state index contributed by atoms with van der Waals surface area (Å²) >= 11 is 0. The lowest BCUT2D eigenvalue weighted by atomic mass is 10.1. The smallest absolute Gasteiger partial charge is 0.252 e. The summed E-state index contributed by atoms with van der Waals surface area (Å²) in [5.74, 6) is 0.615. The first-order valence-electron chi connectivity index (χ1n) is 9.18. The highest BCUT2D eigenvalue weighted by Gasteiger charge is 2.15. The van der Waals surface area contributed by atoms with E-state index in [0.717, 1.165) is 29.4 Å². The van der Waals surface area contributed by atoms with Crippen molar-refractivity contribution in [2.24, 2.45) is 0 Å². The van der Waals surface area contributed by atoms with Gasteiger partial charge in [0.15, 0.2) is 0 Å². The Hall–Kier alpha value is -2.88. The number of hydrogen-bond acceptors (Lipinski definition) is 3. The number of pyridine rings is 1. The van der Waals surface area contributed by atoms with Gasteiger partial charge in [-0.15, -0.1) is 0 Å². The van der Waals surface area contributed by atoms with Crippen LogP contribution in [0.5, 0.6) is 0 Å². The molecule has 0 radical (unpaired) electrons. The number of amides is 1. The number of carbonyl (C=O) groups is 1. The summed E-state index contributed by atoms with van der Waals surface area (Å²) in [6.07, 6.45) is 1.82. The van der Waals surface area contributed by atoms with E-state index in [2.05, 4.69) is 30.5 Å². The Morgan fingerprint density at radius 1 is 1.08 bits per heavy atom. The third-order valence-electron chi connectivity index (χ3n) is 4.61. The zero-order chi connectivity index (χ0) is 18.5. The summed E-state index contributed by atoms with van der Waals surface area (Å²) < 4.78 is 0. The van der Waals surface area contributed by atoms with Gasteiger partial charge in [-0.2, -0.15) is 0 Å². The average Bonchev–Trinajstić information content (AvgIpc) is 2.67. The molecule has 0 aliphatic rings. The van der Waals surface area contributed by atoms with E-state index >= 15 is 0 Å². The third-order valence-corrected chi connectivity index (χ3v) is 4.61. The van der Waals surface area contributed by atoms with Gasteiger partial charge in [0.2, 0.25) is 0 Å². The van der Waals surface area contributed by atoms with Crippen molar-refractivity contribution in [2.45, 2.75) is 39.7 Å². The number of aryl methyl sites for hydroxylation is 1. The Bertz CT molecular complexity index is 920. The van der Waals surface area contributed by atoms with Crippen LogP contribution < -0.4 is 10.6 Å². The Kier molecular flexibility index (Phi) is 5.52. The van der Waals surface area contributed by atoms with Crippen LogP contribution in [0.1, 0.15) is 43.1 Å². The van der Waals surface area contributed by atoms with Gasteiger partial charge < -0.3 is 10.6 Å². The van der Waals surface area contributed by atoms with Crippen LogP contribution in [-0.4, -0.2) is 16.9 Å². The van der Waals surface area contributed by atoms with Crippen molar-refractivity contribution < 1.29 is 4.79 Å². The van der Waals surface area contributed by atoms with E-state index in [1.807, 2.05) is 55.5 Å². The maximum absolute atomic E-state index is 12.8. The number of nitrogens with one attached hydrogen (secondary N) is 2. The van der Waals surface area contributed by atoms with Crippen LogP contribution in [-0.2, 0) is 6.42 Å². The number of anilines is 2. The highest BCUT2D eigenvalue weighted by atomic mass is 16.1. The van der Waals surface area contributed by atoms with Crippen molar-refractivity contribution in [3.8, 4) is 0 Å². The number of fused-ring (bicyclic) bond motifs is 1. The first-order chi connectivity index (χ1) is 12.6. The molecule has 134 valence electrons. The Morgan fingerprint density at radius 3 is 2.58 bits per heavy atom. The van der Waals surface area contributed by atoms with Crippen LogP contribution in [0, 0.1) is 0 Å². The van der Waals surface area contributed by atoms with Gasteiger partial charge in [-0.1, -0.05) is 50.2 Å². The van der Waals surface area contributed by atoms with E-state index < -0.39 is 0 Å². The molecule has 2 aromatic carbocycles. The third kappa shape index (κ3) is 3.85. The van der Waals surface area contributed by atoms with Crippen molar-refractivity contribution >= 4 is 28.3 Å². The van der Waals surface area contributed by atoms with Crippen molar-refractivity contribution in [2.75, 3.05) is 5.32 Å². The second-order valence-electron chi connectivity index (χ2n) is 6.49. The first kappa shape index (κ1) is 17.9. The quantitative estimate of drug-likeness (QED) is 0.654. The van der Waals surface area contributed by atoms with Crippen molar-refractivity contribution in [3.63, 3.8) is 0 Å². The van der Waals surface area contributed by atoms with Crippen molar-refractivity contribution in [1.82, 2.24) is 10.3 Å². The second kappa shape index (κ2) is 8.00. The number of hydrogen-bond donors (Lipinski definition) is 2. The Morgan fingerprint density at radius 2 is 1.81 bits per heavy atom. The molecule has 0 fully saturated rings. The van der Waals surface area contributed by atoms with Gasteiger partial charge in [0.25, 0.3) is 5.91 Å². The largest absolute Gasteiger partial charge is 0.350 e. The molecule has 4 heteroatoms. The summed E-state index contributed by atoms with van der Waals surface area (Å²) in [7, 11) is 0. The van der Waals surface area contributed by atoms with Gasteiger partial charge in [-0.05, 0) is 43.5 Å². The van der Waals surface area contributed by atoms with Crippen LogP contribution >= 0.6 is 0 Å². The molecule has 1 atom stereocenters. The highest BCUT2D eigenvalue weighted by Crippen LogP contribution is 2.25. The summed E-state index contributed by atoms with van der Waals surface area (Å²) in [5.41, 5.74) is 3.69. The molecule has 0 saturated carbocycles. The lowest BCUT2D eigenvalue weighted by Gasteiger charge is -2.15. The lowest BCUT2D eigenvalue weighted by molar-refractivity contribution is 0.0941. The van der Waals surface area contributed by atoms with E-state index in [1.54, 1.807) is 0 Å². The number of benzene rings is 2. The molecular weight excluding hydrogens is 322 g/mol. The number of para-hydroxylation sites is 2. The minimum Gasteiger partial charge on any atom is -0.350 e. The van der Waals surface area contributed by atoms with E-state index in [9.17, 15) is 4.79 Å². The maximum atomic E-state index is 12.8. The van der Waals surface area contributed by atoms with Gasteiger partial charge in [0.1, 0.15) is 5.82 Å². The fourth-order valence-electron chi connectivity index (χ4n) is 2.92. The summed E-state index contributed by atoms with van der Waals surface area (Å²) in [6, 6.07) is 17.9. The maximum Gasteiger partial charge on any atom is 0.252 e. The van der Waals surface area contributed by atoms with Crippen LogP contribution in [0.15, 0.2) is 54.6 Å². The minimum absolute atomic E-state index is 0.0650. The van der Waals surface area contributed by atoms with E-state index in [0.29, 0.717) is 11.4 Å². The molecule has 0 spiro atoms. The van der Waals surface area contributed by atoms with Gasteiger partial charge in [0, 0.05) is 17.1 Å². The minimum atomic E-state index is -0.0650. The molecule has 0 aliphatic heterocycles. The van der Waals surface area contributed by atoms with E-state index in [1.165, 1.54) is 5.56 Å². The molecule has 4 nitrogen and oxygen atoms in total. The van der Waals surface area contributed by atoms with E-state index in [4.69, 9.17) is 4.98 Å². The summed E-state index contributed by atoms with van der Waals surface area (Å²) in [4.78, 5) is 17.5. The topological polar surface area (TPSA) is 54.0 Å². The molecule has 0 aliphatic carbocycles.